The van der Waals surface area contributed by atoms with Gasteiger partial charge in [0.1, 0.15) is 5.56 Å². The standard InChI is InChI=1S/C7H6F3N3O2.ClH/c8-7(9,10)5-2-1-4(12-11)3-6(5)13(14)15;/h1-3,12H,11H2;1H. The van der Waals surface area contributed by atoms with E-state index in [0.717, 1.165) is 12.1 Å². The van der Waals surface area contributed by atoms with Crippen LogP contribution in [0.15, 0.2) is 18.2 Å². The summed E-state index contributed by atoms with van der Waals surface area (Å²) in [7, 11) is 0. The summed E-state index contributed by atoms with van der Waals surface area (Å²) >= 11 is 0. The molecule has 9 heteroatoms. The number of rotatable bonds is 2. The van der Waals surface area contributed by atoms with Gasteiger partial charge in [0.25, 0.3) is 5.69 Å². The number of benzene rings is 1. The van der Waals surface area contributed by atoms with E-state index in [9.17, 15) is 23.3 Å². The Labute approximate surface area is 94.0 Å². The lowest BCUT2D eigenvalue weighted by molar-refractivity contribution is -0.388. The van der Waals surface area contributed by atoms with Crippen molar-refractivity contribution in [2.45, 2.75) is 6.18 Å². The lowest BCUT2D eigenvalue weighted by atomic mass is 10.1. The number of nitrogen functional groups attached to an aromatic ring is 1. The molecule has 0 unspecified atom stereocenters. The largest absolute Gasteiger partial charge is 0.423 e. The molecule has 0 fully saturated rings. The van der Waals surface area contributed by atoms with Crippen LogP contribution in [0.4, 0.5) is 24.5 Å². The number of nitrogens with one attached hydrogen (secondary N) is 1. The highest BCUT2D eigenvalue weighted by Gasteiger charge is 2.38. The van der Waals surface area contributed by atoms with Gasteiger partial charge in [0.05, 0.1) is 10.6 Å². The summed E-state index contributed by atoms with van der Waals surface area (Å²) in [6.45, 7) is 0. The number of hydrogen-bond acceptors (Lipinski definition) is 4. The van der Waals surface area contributed by atoms with Gasteiger partial charge in [-0.2, -0.15) is 13.2 Å². The number of halogens is 4. The number of nitro benzene ring substituents is 1. The van der Waals surface area contributed by atoms with Gasteiger partial charge in [-0.25, -0.2) is 0 Å². The predicted molar refractivity (Wildman–Crippen MR) is 53.2 cm³/mol. The van der Waals surface area contributed by atoms with Crippen LogP contribution >= 0.6 is 12.4 Å². The van der Waals surface area contributed by atoms with Gasteiger partial charge < -0.3 is 5.43 Å². The quantitative estimate of drug-likeness (QED) is 0.484. The Morgan fingerprint density at radius 2 is 1.94 bits per heavy atom. The summed E-state index contributed by atoms with van der Waals surface area (Å²) in [5, 5.41) is 10.4. The van der Waals surface area contributed by atoms with E-state index in [1.54, 1.807) is 0 Å². The number of anilines is 1. The zero-order valence-electron chi connectivity index (χ0n) is 7.62. The summed E-state index contributed by atoms with van der Waals surface area (Å²) in [5.41, 5.74) is -0.263. The highest BCUT2D eigenvalue weighted by atomic mass is 35.5. The van der Waals surface area contributed by atoms with E-state index in [1.807, 2.05) is 5.43 Å². The minimum atomic E-state index is -4.75. The third-order valence-corrected chi connectivity index (χ3v) is 1.67. The van der Waals surface area contributed by atoms with Gasteiger partial charge >= 0.3 is 6.18 Å². The van der Waals surface area contributed by atoms with Gasteiger partial charge in [0.15, 0.2) is 0 Å². The second kappa shape index (κ2) is 4.99. The van der Waals surface area contributed by atoms with Gasteiger partial charge in [-0.3, -0.25) is 16.0 Å². The van der Waals surface area contributed by atoms with Crippen molar-refractivity contribution < 1.29 is 18.1 Å². The van der Waals surface area contributed by atoms with E-state index in [0.29, 0.717) is 6.07 Å². The first kappa shape index (κ1) is 14.5. The Hall–Kier alpha value is -1.54. The van der Waals surface area contributed by atoms with E-state index in [-0.39, 0.29) is 18.1 Å². The molecule has 16 heavy (non-hydrogen) atoms. The monoisotopic (exact) mass is 257 g/mol. The second-order valence-electron chi connectivity index (χ2n) is 2.63. The maximum atomic E-state index is 12.3. The van der Waals surface area contributed by atoms with Crippen molar-refractivity contribution in [3.05, 3.63) is 33.9 Å². The summed E-state index contributed by atoms with van der Waals surface area (Å²) in [5.74, 6) is 4.92. The van der Waals surface area contributed by atoms with E-state index in [1.165, 1.54) is 0 Å². The first-order chi connectivity index (χ1) is 6.86. The number of alkyl halides is 3. The molecule has 0 spiro atoms. The molecule has 1 aromatic carbocycles. The third kappa shape index (κ3) is 2.97. The molecule has 1 aromatic rings. The number of hydrazine groups is 1. The van der Waals surface area contributed by atoms with Crippen LogP contribution in [0.5, 0.6) is 0 Å². The number of nitro groups is 1. The third-order valence-electron chi connectivity index (χ3n) is 1.67. The molecule has 90 valence electrons. The van der Waals surface area contributed by atoms with Crippen molar-refractivity contribution in [1.82, 2.24) is 0 Å². The zero-order valence-corrected chi connectivity index (χ0v) is 8.43. The second-order valence-corrected chi connectivity index (χ2v) is 2.63. The van der Waals surface area contributed by atoms with Crippen LogP contribution in [0, 0.1) is 10.1 Å². The lowest BCUT2D eigenvalue weighted by Gasteiger charge is -2.08. The van der Waals surface area contributed by atoms with E-state index < -0.39 is 22.4 Å². The Morgan fingerprint density at radius 1 is 1.38 bits per heavy atom. The van der Waals surface area contributed by atoms with E-state index in [4.69, 9.17) is 5.84 Å². The Bertz CT molecular complexity index is 397. The summed E-state index contributed by atoms with van der Waals surface area (Å²) in [6.07, 6.45) is -4.75. The highest BCUT2D eigenvalue weighted by Crippen LogP contribution is 2.37. The minimum absolute atomic E-state index is 0. The zero-order chi connectivity index (χ0) is 11.6. The summed E-state index contributed by atoms with van der Waals surface area (Å²) < 4.78 is 36.9. The summed E-state index contributed by atoms with van der Waals surface area (Å²) in [6, 6.07) is 2.34. The molecular formula is C7H7ClF3N3O2. The maximum absolute atomic E-state index is 12.3. The van der Waals surface area contributed by atoms with Gasteiger partial charge in [-0.1, -0.05) is 0 Å². The van der Waals surface area contributed by atoms with Crippen molar-refractivity contribution in [3.8, 4) is 0 Å². The topological polar surface area (TPSA) is 81.2 Å². The Balaban J connectivity index is 0.00000225. The average molecular weight is 258 g/mol. The molecule has 0 amide bonds. The first-order valence-electron chi connectivity index (χ1n) is 3.68. The van der Waals surface area contributed by atoms with Crippen molar-refractivity contribution >= 4 is 23.8 Å². The van der Waals surface area contributed by atoms with E-state index in [2.05, 4.69) is 0 Å². The van der Waals surface area contributed by atoms with Crippen molar-refractivity contribution in [3.63, 3.8) is 0 Å². The van der Waals surface area contributed by atoms with Crippen LogP contribution < -0.4 is 11.3 Å². The minimum Gasteiger partial charge on any atom is -0.324 e. The van der Waals surface area contributed by atoms with Crippen molar-refractivity contribution in [2.75, 3.05) is 5.43 Å². The Morgan fingerprint density at radius 3 is 2.31 bits per heavy atom. The van der Waals surface area contributed by atoms with Gasteiger partial charge in [0.2, 0.25) is 0 Å². The molecule has 0 radical (unpaired) electrons. The van der Waals surface area contributed by atoms with Crippen LogP contribution in [-0.4, -0.2) is 4.92 Å². The predicted octanol–water partition coefficient (Wildman–Crippen LogP) is 2.32. The molecule has 0 aliphatic rings. The van der Waals surface area contributed by atoms with Crippen LogP contribution in [-0.2, 0) is 6.18 Å². The molecule has 0 heterocycles. The molecule has 5 nitrogen and oxygen atoms in total. The molecule has 0 aliphatic carbocycles. The fourth-order valence-corrected chi connectivity index (χ4v) is 1.01. The van der Waals surface area contributed by atoms with Gasteiger partial charge in [0, 0.05) is 6.07 Å². The fraction of sp³-hybridized carbons (Fsp3) is 0.143. The van der Waals surface area contributed by atoms with Gasteiger partial charge in [-0.15, -0.1) is 12.4 Å². The number of hydrogen-bond donors (Lipinski definition) is 2. The smallest absolute Gasteiger partial charge is 0.324 e. The molecule has 0 aliphatic heterocycles. The van der Waals surface area contributed by atoms with Crippen LogP contribution in [0.3, 0.4) is 0 Å². The van der Waals surface area contributed by atoms with Crippen LogP contribution in [0.2, 0.25) is 0 Å². The molecule has 0 saturated carbocycles. The summed E-state index contributed by atoms with van der Waals surface area (Å²) in [4.78, 5) is 9.27. The molecule has 0 atom stereocenters. The SMILES string of the molecule is Cl.NNc1ccc(C(F)(F)F)c([N+](=O)[O-])c1. The highest BCUT2D eigenvalue weighted by molar-refractivity contribution is 5.85. The molecule has 0 aromatic heterocycles. The molecule has 1 rings (SSSR count). The van der Waals surface area contributed by atoms with Crippen LogP contribution in [0.25, 0.3) is 0 Å². The lowest BCUT2D eigenvalue weighted by Crippen LogP contribution is -2.11. The molecule has 0 saturated heterocycles. The van der Waals surface area contributed by atoms with E-state index >= 15 is 0 Å². The first-order valence-corrected chi connectivity index (χ1v) is 3.68. The maximum Gasteiger partial charge on any atom is 0.423 e. The molecular weight excluding hydrogens is 251 g/mol. The number of nitrogens with two attached hydrogens (primary N) is 1. The molecule has 0 bridgehead atoms. The van der Waals surface area contributed by atoms with Crippen molar-refractivity contribution in [1.29, 1.82) is 0 Å². The fourth-order valence-electron chi connectivity index (χ4n) is 1.01. The van der Waals surface area contributed by atoms with Gasteiger partial charge in [-0.05, 0) is 12.1 Å². The number of nitrogens with zero attached hydrogens (tertiary/aromatic N) is 1. The average Bonchev–Trinajstić information content (AvgIpc) is 2.15. The van der Waals surface area contributed by atoms with Crippen LogP contribution in [0.1, 0.15) is 5.56 Å². The normalized spacial score (nSPS) is 10.5. The van der Waals surface area contributed by atoms with Crippen molar-refractivity contribution in [2.24, 2.45) is 5.84 Å². The molecule has 3 N–H and O–H groups in total. The Kier molecular flexibility index (Phi) is 4.51.